The molecular weight excluding hydrogens is 218 g/mol. The standard InChI is InChI=1S/C9H7NO4S/c1-13-8(11)4-3-7-10-5-6(15-7)9(12)14-2/h5H,1-2H3. The number of rotatable bonds is 1. The highest BCUT2D eigenvalue weighted by Gasteiger charge is 2.08. The molecule has 6 heteroatoms. The summed E-state index contributed by atoms with van der Waals surface area (Å²) in [6.07, 6.45) is 1.35. The van der Waals surface area contributed by atoms with Crippen LogP contribution in [-0.4, -0.2) is 31.1 Å². The largest absolute Gasteiger partial charge is 0.465 e. The molecule has 1 aromatic heterocycles. The summed E-state index contributed by atoms with van der Waals surface area (Å²) in [7, 11) is 2.51. The summed E-state index contributed by atoms with van der Waals surface area (Å²) in [6.45, 7) is 0. The summed E-state index contributed by atoms with van der Waals surface area (Å²) >= 11 is 1.05. The second-order valence-electron chi connectivity index (χ2n) is 2.26. The Labute approximate surface area is 90.0 Å². The molecule has 1 rings (SSSR count). The van der Waals surface area contributed by atoms with Gasteiger partial charge in [-0.05, 0) is 5.92 Å². The lowest BCUT2D eigenvalue weighted by molar-refractivity contribution is -0.133. The molecular formula is C9H7NO4S. The van der Waals surface area contributed by atoms with Crippen LogP contribution in [0.4, 0.5) is 0 Å². The highest BCUT2D eigenvalue weighted by Crippen LogP contribution is 2.12. The van der Waals surface area contributed by atoms with E-state index in [1.807, 2.05) is 0 Å². The van der Waals surface area contributed by atoms with E-state index in [1.54, 1.807) is 0 Å². The van der Waals surface area contributed by atoms with Gasteiger partial charge in [0.15, 0.2) is 5.01 Å². The first-order valence-electron chi connectivity index (χ1n) is 3.81. The van der Waals surface area contributed by atoms with E-state index in [-0.39, 0.29) is 0 Å². The molecule has 0 amide bonds. The Hall–Kier alpha value is -1.87. The van der Waals surface area contributed by atoms with E-state index in [2.05, 4.69) is 26.3 Å². The number of aromatic nitrogens is 1. The van der Waals surface area contributed by atoms with Crippen molar-refractivity contribution in [2.24, 2.45) is 0 Å². The molecule has 0 spiro atoms. The van der Waals surface area contributed by atoms with Crippen LogP contribution in [0.5, 0.6) is 0 Å². The molecule has 0 radical (unpaired) electrons. The van der Waals surface area contributed by atoms with Crippen molar-refractivity contribution in [1.29, 1.82) is 0 Å². The number of hydrogen-bond donors (Lipinski definition) is 0. The summed E-state index contributed by atoms with van der Waals surface area (Å²) in [5.41, 5.74) is 0. The normalized spacial score (nSPS) is 8.67. The minimum atomic E-state index is -0.648. The van der Waals surface area contributed by atoms with Gasteiger partial charge in [0.2, 0.25) is 0 Å². The van der Waals surface area contributed by atoms with Crippen LogP contribution in [0, 0.1) is 11.8 Å². The van der Waals surface area contributed by atoms with Crippen molar-refractivity contribution in [3.05, 3.63) is 16.1 Å². The van der Waals surface area contributed by atoms with Crippen molar-refractivity contribution >= 4 is 23.3 Å². The Morgan fingerprint density at radius 2 is 2.13 bits per heavy atom. The molecule has 0 saturated carbocycles. The molecule has 0 N–H and O–H groups in total. The smallest absolute Gasteiger partial charge is 0.384 e. The van der Waals surface area contributed by atoms with E-state index in [4.69, 9.17) is 0 Å². The van der Waals surface area contributed by atoms with E-state index < -0.39 is 11.9 Å². The molecule has 0 saturated heterocycles. The minimum absolute atomic E-state index is 0.340. The van der Waals surface area contributed by atoms with Gasteiger partial charge in [0.25, 0.3) is 0 Å². The van der Waals surface area contributed by atoms with Crippen LogP contribution in [0.2, 0.25) is 0 Å². The number of carbonyl (C=O) groups excluding carboxylic acids is 2. The van der Waals surface area contributed by atoms with E-state index in [0.29, 0.717) is 9.88 Å². The van der Waals surface area contributed by atoms with E-state index >= 15 is 0 Å². The van der Waals surface area contributed by atoms with Gasteiger partial charge in [-0.15, -0.1) is 0 Å². The van der Waals surface area contributed by atoms with Gasteiger partial charge in [-0.25, -0.2) is 14.6 Å². The van der Waals surface area contributed by atoms with Crippen LogP contribution < -0.4 is 0 Å². The van der Waals surface area contributed by atoms with Gasteiger partial charge >= 0.3 is 11.9 Å². The van der Waals surface area contributed by atoms with Gasteiger partial charge in [-0.1, -0.05) is 11.3 Å². The number of methoxy groups -OCH3 is 2. The van der Waals surface area contributed by atoms with Crippen molar-refractivity contribution in [2.45, 2.75) is 0 Å². The summed E-state index contributed by atoms with van der Waals surface area (Å²) in [5, 5.41) is 0.362. The molecule has 1 heterocycles. The quantitative estimate of drug-likeness (QED) is 0.513. The number of esters is 2. The molecule has 0 unspecified atom stereocenters. The summed E-state index contributed by atoms with van der Waals surface area (Å²) in [5.74, 6) is 3.55. The van der Waals surface area contributed by atoms with Crippen LogP contribution in [0.3, 0.4) is 0 Å². The Morgan fingerprint density at radius 3 is 2.73 bits per heavy atom. The topological polar surface area (TPSA) is 65.5 Å². The zero-order chi connectivity index (χ0) is 11.3. The van der Waals surface area contributed by atoms with Crippen molar-refractivity contribution in [3.63, 3.8) is 0 Å². The summed E-state index contributed by atoms with van der Waals surface area (Å²) in [6, 6.07) is 0. The number of carbonyl (C=O) groups is 2. The summed E-state index contributed by atoms with van der Waals surface area (Å²) in [4.78, 5) is 25.9. The monoisotopic (exact) mass is 225 g/mol. The highest BCUT2D eigenvalue weighted by molar-refractivity contribution is 7.14. The molecule has 0 bridgehead atoms. The third-order valence-electron chi connectivity index (χ3n) is 1.35. The Kier molecular flexibility index (Phi) is 3.83. The van der Waals surface area contributed by atoms with E-state index in [0.717, 1.165) is 11.3 Å². The average molecular weight is 225 g/mol. The predicted molar refractivity (Wildman–Crippen MR) is 52.3 cm³/mol. The van der Waals surface area contributed by atoms with Crippen molar-refractivity contribution < 1.29 is 19.1 Å². The van der Waals surface area contributed by atoms with Gasteiger partial charge in [0.1, 0.15) is 4.88 Å². The van der Waals surface area contributed by atoms with Crippen LogP contribution in [0.1, 0.15) is 14.7 Å². The van der Waals surface area contributed by atoms with Gasteiger partial charge < -0.3 is 9.47 Å². The van der Waals surface area contributed by atoms with Crippen LogP contribution in [0.15, 0.2) is 6.20 Å². The number of ether oxygens (including phenoxy) is 2. The summed E-state index contributed by atoms with van der Waals surface area (Å²) < 4.78 is 8.81. The van der Waals surface area contributed by atoms with Gasteiger partial charge in [-0.3, -0.25) is 0 Å². The first kappa shape index (κ1) is 11.2. The lowest BCUT2D eigenvalue weighted by Crippen LogP contribution is -1.96. The first-order chi connectivity index (χ1) is 7.17. The molecule has 0 atom stereocenters. The van der Waals surface area contributed by atoms with Gasteiger partial charge in [-0.2, -0.15) is 0 Å². The zero-order valence-electron chi connectivity index (χ0n) is 8.07. The predicted octanol–water partition coefficient (Wildman–Crippen LogP) is 0.454. The maximum absolute atomic E-state index is 11.0. The number of nitrogens with zero attached hydrogens (tertiary/aromatic N) is 1. The molecule has 0 aliphatic rings. The molecule has 0 aliphatic carbocycles. The maximum atomic E-state index is 11.0. The molecule has 0 fully saturated rings. The zero-order valence-corrected chi connectivity index (χ0v) is 8.88. The van der Waals surface area contributed by atoms with Crippen LogP contribution >= 0.6 is 11.3 Å². The maximum Gasteiger partial charge on any atom is 0.384 e. The Morgan fingerprint density at radius 1 is 1.40 bits per heavy atom. The molecule has 1 aromatic rings. The van der Waals surface area contributed by atoms with Crippen LogP contribution in [-0.2, 0) is 14.3 Å². The van der Waals surface area contributed by atoms with Crippen molar-refractivity contribution in [1.82, 2.24) is 4.98 Å². The Balaban J connectivity index is 2.79. The SMILES string of the molecule is COC(=O)C#Cc1ncc(C(=O)OC)s1. The fourth-order valence-electron chi connectivity index (χ4n) is 0.682. The second-order valence-corrected chi connectivity index (χ2v) is 3.29. The molecule has 0 aromatic carbocycles. The first-order valence-corrected chi connectivity index (χ1v) is 4.63. The highest BCUT2D eigenvalue weighted by atomic mass is 32.1. The lowest BCUT2D eigenvalue weighted by atomic mass is 10.5. The molecule has 0 aliphatic heterocycles. The van der Waals surface area contributed by atoms with Crippen LogP contribution in [0.25, 0.3) is 0 Å². The van der Waals surface area contributed by atoms with E-state index in [1.165, 1.54) is 20.4 Å². The molecule has 78 valence electrons. The van der Waals surface area contributed by atoms with Gasteiger partial charge in [0, 0.05) is 5.92 Å². The minimum Gasteiger partial charge on any atom is -0.465 e. The van der Waals surface area contributed by atoms with Crippen molar-refractivity contribution in [3.8, 4) is 11.8 Å². The fourth-order valence-corrected chi connectivity index (χ4v) is 1.37. The Bertz CT molecular complexity index is 440. The third kappa shape index (κ3) is 3.07. The van der Waals surface area contributed by atoms with Gasteiger partial charge in [0.05, 0.1) is 20.4 Å². The van der Waals surface area contributed by atoms with E-state index in [9.17, 15) is 9.59 Å². The molecule has 15 heavy (non-hydrogen) atoms. The van der Waals surface area contributed by atoms with Crippen molar-refractivity contribution in [2.75, 3.05) is 14.2 Å². The third-order valence-corrected chi connectivity index (χ3v) is 2.24. The fraction of sp³-hybridized carbons (Fsp3) is 0.222. The number of hydrogen-bond acceptors (Lipinski definition) is 6. The lowest BCUT2D eigenvalue weighted by Gasteiger charge is -1.89. The second kappa shape index (κ2) is 5.12. The number of thiazole rings is 1. The molecule has 5 nitrogen and oxygen atoms in total. The average Bonchev–Trinajstić information content (AvgIpc) is 2.73.